The van der Waals surface area contributed by atoms with Crippen LogP contribution in [0.3, 0.4) is 0 Å². The minimum atomic E-state index is -0.362. The number of benzene rings is 2. The summed E-state index contributed by atoms with van der Waals surface area (Å²) in [4.78, 5) is 4.42. The van der Waals surface area contributed by atoms with E-state index in [0.29, 0.717) is 33.3 Å². The van der Waals surface area contributed by atoms with Crippen LogP contribution in [-0.4, -0.2) is 59.9 Å². The van der Waals surface area contributed by atoms with Crippen LogP contribution in [0, 0.1) is 5.41 Å². The Kier molecular flexibility index (Phi) is 11.6. The molecular formula is C28H35ClN5O2SW-. The first-order valence-corrected chi connectivity index (χ1v) is 13.9. The third kappa shape index (κ3) is 8.04. The van der Waals surface area contributed by atoms with Gasteiger partial charge in [0.25, 0.3) is 0 Å². The third-order valence-electron chi connectivity index (χ3n) is 6.83. The molecule has 38 heavy (non-hydrogen) atoms. The molecule has 0 aliphatic carbocycles. The summed E-state index contributed by atoms with van der Waals surface area (Å²) in [7, 11) is 2.11. The second-order valence-corrected chi connectivity index (χ2v) is 10.8. The number of aliphatic hydroxyl groups excluding tert-OH is 1. The first-order valence-electron chi connectivity index (χ1n) is 12.6. The maximum Gasteiger partial charge on any atom is 0.138 e. The van der Waals surface area contributed by atoms with Gasteiger partial charge in [0.15, 0.2) is 0 Å². The van der Waals surface area contributed by atoms with E-state index in [4.69, 9.17) is 33.2 Å². The van der Waals surface area contributed by atoms with Crippen LogP contribution in [0.5, 0.6) is 5.75 Å². The van der Waals surface area contributed by atoms with Gasteiger partial charge in [0.1, 0.15) is 18.1 Å². The Morgan fingerprint density at radius 3 is 2.47 bits per heavy atom. The van der Waals surface area contributed by atoms with Gasteiger partial charge in [0, 0.05) is 69.6 Å². The molecular weight excluding hydrogens is 690 g/mol. The van der Waals surface area contributed by atoms with E-state index in [1.54, 1.807) is 35.6 Å². The van der Waals surface area contributed by atoms with E-state index in [9.17, 15) is 5.11 Å². The van der Waals surface area contributed by atoms with Crippen molar-refractivity contribution in [2.24, 2.45) is 0 Å². The number of nitrogen functional groups attached to an aromatic ring is 1. The van der Waals surface area contributed by atoms with E-state index >= 15 is 0 Å². The molecule has 5 N–H and O–H groups in total. The van der Waals surface area contributed by atoms with E-state index in [-0.39, 0.29) is 39.1 Å². The van der Waals surface area contributed by atoms with Gasteiger partial charge < -0.3 is 26.2 Å². The SMILES string of the molecule is CN1CCC(Oc2ccc(C(=N)c3cc([NH-])ccc3N)cc2Cl)CC1.OC(c1ccsc1)N1CCCC1.[W]. The largest absolute Gasteiger partial charge is 0.699 e. The van der Waals surface area contributed by atoms with E-state index < -0.39 is 0 Å². The molecule has 2 aliphatic rings. The number of hydrogen-bond donors (Lipinski definition) is 3. The molecule has 1 atom stereocenters. The molecule has 2 aliphatic heterocycles. The topological polar surface area (TPSA) is 110 Å². The molecule has 2 fully saturated rings. The number of piperidine rings is 1. The van der Waals surface area contributed by atoms with Crippen LogP contribution in [-0.2, 0) is 21.1 Å². The van der Waals surface area contributed by atoms with Crippen LogP contribution in [0.4, 0.5) is 11.4 Å². The molecule has 0 amide bonds. The smallest absolute Gasteiger partial charge is 0.138 e. The van der Waals surface area contributed by atoms with Crippen molar-refractivity contribution in [1.29, 1.82) is 5.41 Å². The molecule has 1 unspecified atom stereocenters. The Labute approximate surface area is 248 Å². The Morgan fingerprint density at radius 1 is 1.13 bits per heavy atom. The molecule has 3 aromatic rings. The van der Waals surface area contributed by atoms with Crippen molar-refractivity contribution < 1.29 is 30.9 Å². The molecule has 204 valence electrons. The van der Waals surface area contributed by atoms with Crippen LogP contribution in [0.2, 0.25) is 5.02 Å². The number of likely N-dealkylation sites (tertiary alicyclic amines) is 2. The number of halogens is 1. The third-order valence-corrected chi connectivity index (χ3v) is 7.83. The van der Waals surface area contributed by atoms with Crippen LogP contribution >= 0.6 is 22.9 Å². The van der Waals surface area contributed by atoms with E-state index in [1.165, 1.54) is 12.8 Å². The Bertz CT molecular complexity index is 1180. The normalized spacial score (nSPS) is 17.2. The maximum absolute atomic E-state index is 9.84. The molecule has 0 bridgehead atoms. The number of nitrogens with zero attached hydrogens (tertiary/aromatic N) is 2. The standard InChI is InChI=1S/C19H22ClN4O.C9H13NOS.W/c1-24-8-6-14(7-9-24)25-18-5-2-12(10-16(18)20)19(23)15-11-13(21)3-4-17(15)22;11-9(8-3-6-12-7-8)10-4-1-2-5-10;/h2-5,10-11,14,21,23H,6-9,22H2,1H3;3,6-7,9,11H,1-2,4-5H2;/q-1;;. The fraction of sp³-hybridized carbons (Fsp3) is 0.393. The van der Waals surface area contributed by atoms with Crippen LogP contribution in [0.1, 0.15) is 48.6 Å². The summed E-state index contributed by atoms with van der Waals surface area (Å²) in [6, 6.07) is 12.2. The number of nitrogens with one attached hydrogen (secondary N) is 2. The Hall–Kier alpha value is -1.93. The Balaban J connectivity index is 0.000000258. The summed E-state index contributed by atoms with van der Waals surface area (Å²) < 4.78 is 6.03. The molecule has 2 saturated heterocycles. The second-order valence-electron chi connectivity index (χ2n) is 9.62. The van der Waals surface area contributed by atoms with Crippen molar-refractivity contribution in [2.45, 2.75) is 38.0 Å². The molecule has 0 radical (unpaired) electrons. The van der Waals surface area contributed by atoms with Crippen molar-refractivity contribution in [1.82, 2.24) is 9.80 Å². The number of hydrogen-bond acceptors (Lipinski definition) is 7. The van der Waals surface area contributed by atoms with Crippen LogP contribution < -0.4 is 10.5 Å². The zero-order valence-electron chi connectivity index (χ0n) is 21.5. The molecule has 3 heterocycles. The second kappa shape index (κ2) is 14.5. The van der Waals surface area contributed by atoms with Gasteiger partial charge in [0.2, 0.25) is 0 Å². The van der Waals surface area contributed by atoms with Crippen molar-refractivity contribution in [3.8, 4) is 5.75 Å². The van der Waals surface area contributed by atoms with Gasteiger partial charge in [-0.25, -0.2) is 0 Å². The van der Waals surface area contributed by atoms with Crippen LogP contribution in [0.25, 0.3) is 5.73 Å². The van der Waals surface area contributed by atoms with Gasteiger partial charge in [0.05, 0.1) is 10.7 Å². The molecule has 1 aromatic heterocycles. The molecule has 0 spiro atoms. The van der Waals surface area contributed by atoms with Crippen molar-refractivity contribution >= 4 is 40.0 Å². The van der Waals surface area contributed by atoms with E-state index in [1.807, 2.05) is 29.0 Å². The van der Waals surface area contributed by atoms with Crippen molar-refractivity contribution in [2.75, 3.05) is 39.0 Å². The van der Waals surface area contributed by atoms with E-state index in [2.05, 4.69) is 16.8 Å². The average Bonchev–Trinajstić information content (AvgIpc) is 3.63. The summed E-state index contributed by atoms with van der Waals surface area (Å²) >= 11 is 8.02. The minimum Gasteiger partial charge on any atom is -0.699 e. The molecule has 5 rings (SSSR count). The first-order chi connectivity index (χ1) is 17.8. The summed E-state index contributed by atoms with van der Waals surface area (Å²) in [5, 5.41) is 22.7. The zero-order valence-corrected chi connectivity index (χ0v) is 26.0. The molecule has 10 heteroatoms. The fourth-order valence-corrected chi connectivity index (χ4v) is 5.48. The number of nitrogens with two attached hydrogens (primary N) is 1. The van der Waals surface area contributed by atoms with Gasteiger partial charge in [-0.15, -0.1) is 5.69 Å². The maximum atomic E-state index is 9.84. The van der Waals surface area contributed by atoms with Crippen molar-refractivity contribution in [3.05, 3.63) is 80.7 Å². The Morgan fingerprint density at radius 2 is 1.84 bits per heavy atom. The van der Waals surface area contributed by atoms with Gasteiger partial charge in [-0.1, -0.05) is 23.7 Å². The van der Waals surface area contributed by atoms with E-state index in [0.717, 1.165) is 44.6 Å². The quantitative estimate of drug-likeness (QED) is 0.204. The number of ether oxygens (including phenoxy) is 1. The molecule has 7 nitrogen and oxygen atoms in total. The van der Waals surface area contributed by atoms with Crippen molar-refractivity contribution in [3.63, 3.8) is 0 Å². The zero-order chi connectivity index (χ0) is 26.4. The molecule has 2 aromatic carbocycles. The molecule has 0 saturated carbocycles. The summed E-state index contributed by atoms with van der Waals surface area (Å²) in [5.41, 5.74) is 16.9. The minimum absolute atomic E-state index is 0. The fourth-order valence-electron chi connectivity index (χ4n) is 4.58. The first kappa shape index (κ1) is 30.6. The number of thiophene rings is 1. The predicted molar refractivity (Wildman–Crippen MR) is 153 cm³/mol. The van der Waals surface area contributed by atoms with Gasteiger partial charge in [-0.3, -0.25) is 10.3 Å². The summed E-state index contributed by atoms with van der Waals surface area (Å²) in [6.07, 6.45) is 4.23. The summed E-state index contributed by atoms with van der Waals surface area (Å²) in [6.45, 7) is 4.12. The van der Waals surface area contributed by atoms with Crippen LogP contribution in [0.15, 0.2) is 53.2 Å². The van der Waals surface area contributed by atoms with Gasteiger partial charge in [-0.2, -0.15) is 11.3 Å². The van der Waals surface area contributed by atoms with Gasteiger partial charge >= 0.3 is 0 Å². The predicted octanol–water partition coefficient (Wildman–Crippen LogP) is 6.33. The number of aliphatic hydroxyl groups is 1. The van der Waals surface area contributed by atoms with Gasteiger partial charge in [-0.05, 0) is 73.8 Å². The summed E-state index contributed by atoms with van der Waals surface area (Å²) in [5.74, 6) is 0.648. The monoisotopic (exact) mass is 724 g/mol. The number of anilines is 1. The average molecular weight is 725 g/mol. The number of rotatable bonds is 6.